The molecule has 0 aromatic rings. The first-order chi connectivity index (χ1) is 3.68. The van der Waals surface area contributed by atoms with E-state index >= 15 is 0 Å². The molecule has 8 heavy (non-hydrogen) atoms. The van der Waals surface area contributed by atoms with Crippen molar-refractivity contribution in [3.8, 4) is 0 Å². The van der Waals surface area contributed by atoms with Gasteiger partial charge in [0, 0.05) is 12.3 Å². The number of carboxylic acids is 1. The van der Waals surface area contributed by atoms with Crippen LogP contribution in [0.4, 0.5) is 0 Å². The molecule has 46 valence electrons. The van der Waals surface area contributed by atoms with E-state index in [9.17, 15) is 4.79 Å². The zero-order chi connectivity index (χ0) is 6.57. The molecule has 0 atom stereocenters. The Kier molecular flexibility index (Phi) is 3.14. The normalized spacial score (nSPS) is 10.1. The van der Waals surface area contributed by atoms with Crippen molar-refractivity contribution >= 4 is 15.7 Å². The Hall–Kier alpha value is -0.613. The van der Waals surface area contributed by atoms with Crippen LogP contribution in [0.3, 0.4) is 0 Å². The minimum absolute atomic E-state index is 0.215. The standard InChI is InChI=1S/C4H8O3Si/c1-3(4(5)6)8-7-2/h1,8H2,2H3,(H,5,6). The van der Waals surface area contributed by atoms with Crippen LogP contribution in [-0.4, -0.2) is 27.9 Å². The van der Waals surface area contributed by atoms with E-state index < -0.39 is 15.7 Å². The highest BCUT2D eigenvalue weighted by Crippen LogP contribution is 1.84. The van der Waals surface area contributed by atoms with Gasteiger partial charge in [-0.2, -0.15) is 0 Å². The van der Waals surface area contributed by atoms with Gasteiger partial charge in [-0.3, -0.25) is 0 Å². The van der Waals surface area contributed by atoms with E-state index in [0.717, 1.165) is 0 Å². The van der Waals surface area contributed by atoms with Crippen molar-refractivity contribution in [1.82, 2.24) is 0 Å². The molecule has 0 aliphatic heterocycles. The molecule has 0 fully saturated rings. The minimum Gasteiger partial charge on any atom is -0.478 e. The van der Waals surface area contributed by atoms with Gasteiger partial charge in [-0.25, -0.2) is 4.79 Å². The molecule has 0 unspecified atom stereocenters. The van der Waals surface area contributed by atoms with E-state index in [2.05, 4.69) is 11.0 Å². The van der Waals surface area contributed by atoms with Gasteiger partial charge >= 0.3 is 5.97 Å². The molecule has 0 spiro atoms. The summed E-state index contributed by atoms with van der Waals surface area (Å²) in [5, 5.41) is 8.38. The topological polar surface area (TPSA) is 46.5 Å². The van der Waals surface area contributed by atoms with E-state index in [1.807, 2.05) is 0 Å². The van der Waals surface area contributed by atoms with E-state index in [-0.39, 0.29) is 5.20 Å². The van der Waals surface area contributed by atoms with Gasteiger partial charge in [-0.1, -0.05) is 6.58 Å². The van der Waals surface area contributed by atoms with Crippen molar-refractivity contribution in [3.63, 3.8) is 0 Å². The van der Waals surface area contributed by atoms with Gasteiger partial charge in [0.2, 0.25) is 0 Å². The predicted molar refractivity (Wildman–Crippen MR) is 32.3 cm³/mol. The molecule has 0 aliphatic carbocycles. The van der Waals surface area contributed by atoms with E-state index in [1.165, 1.54) is 7.11 Å². The largest absolute Gasteiger partial charge is 0.478 e. The minimum atomic E-state index is -0.995. The van der Waals surface area contributed by atoms with E-state index in [1.54, 1.807) is 0 Å². The highest BCUT2D eigenvalue weighted by atomic mass is 28.2. The first kappa shape index (κ1) is 7.39. The Morgan fingerprint density at radius 2 is 2.38 bits per heavy atom. The van der Waals surface area contributed by atoms with E-state index in [0.29, 0.717) is 0 Å². The first-order valence-corrected chi connectivity index (χ1v) is 3.37. The van der Waals surface area contributed by atoms with Crippen LogP contribution in [0.1, 0.15) is 0 Å². The first-order valence-electron chi connectivity index (χ1n) is 2.08. The third-order valence-corrected chi connectivity index (χ3v) is 1.56. The molecule has 0 saturated heterocycles. The molecule has 0 heterocycles. The molecule has 0 radical (unpaired) electrons. The van der Waals surface area contributed by atoms with Gasteiger partial charge in [0.05, 0.1) is 0 Å². The Morgan fingerprint density at radius 1 is 1.88 bits per heavy atom. The lowest BCUT2D eigenvalue weighted by Crippen LogP contribution is -2.07. The van der Waals surface area contributed by atoms with Crippen LogP contribution in [0.25, 0.3) is 0 Å². The number of rotatable bonds is 3. The Balaban J connectivity index is 3.49. The van der Waals surface area contributed by atoms with Crippen LogP contribution < -0.4 is 0 Å². The van der Waals surface area contributed by atoms with Gasteiger partial charge in [0.1, 0.15) is 0 Å². The molecule has 3 nitrogen and oxygen atoms in total. The zero-order valence-electron chi connectivity index (χ0n) is 4.68. The summed E-state index contributed by atoms with van der Waals surface area (Å²) in [5.41, 5.74) is 0. The third-order valence-electron chi connectivity index (χ3n) is 0.621. The molecule has 0 amide bonds. The maximum atomic E-state index is 9.94. The molecule has 0 rings (SSSR count). The molecule has 0 aromatic heterocycles. The van der Waals surface area contributed by atoms with Crippen LogP contribution in [0.15, 0.2) is 11.8 Å². The Bertz CT molecular complexity index is 110. The summed E-state index contributed by atoms with van der Waals surface area (Å²) in [5.74, 6) is -0.946. The summed E-state index contributed by atoms with van der Waals surface area (Å²) in [7, 11) is 0.491. The van der Waals surface area contributed by atoms with Crippen LogP contribution in [0, 0.1) is 0 Å². The summed E-state index contributed by atoms with van der Waals surface area (Å²) >= 11 is 0. The number of hydrogen-bond acceptors (Lipinski definition) is 2. The average molecular weight is 132 g/mol. The molecule has 0 aromatic carbocycles. The lowest BCUT2D eigenvalue weighted by Gasteiger charge is -1.92. The Labute approximate surface area is 49.9 Å². The number of carbonyl (C=O) groups is 1. The summed E-state index contributed by atoms with van der Waals surface area (Å²) < 4.78 is 4.62. The molecule has 1 N–H and O–H groups in total. The van der Waals surface area contributed by atoms with Crippen molar-refractivity contribution < 1.29 is 14.3 Å². The fourth-order valence-corrected chi connectivity index (χ4v) is 0.708. The van der Waals surface area contributed by atoms with Crippen molar-refractivity contribution in [3.05, 3.63) is 11.8 Å². The molecule has 0 bridgehead atoms. The lowest BCUT2D eigenvalue weighted by molar-refractivity contribution is -0.131. The smallest absolute Gasteiger partial charge is 0.328 e. The van der Waals surface area contributed by atoms with Crippen LogP contribution in [0.5, 0.6) is 0 Å². The molecular formula is C4H8O3Si. The molecule has 0 aliphatic rings. The highest BCUT2D eigenvalue weighted by Gasteiger charge is 2.01. The lowest BCUT2D eigenvalue weighted by atomic mass is 10.7. The van der Waals surface area contributed by atoms with Crippen molar-refractivity contribution in [1.29, 1.82) is 0 Å². The monoisotopic (exact) mass is 132 g/mol. The fourth-order valence-electron chi connectivity index (χ4n) is 0.236. The van der Waals surface area contributed by atoms with Gasteiger partial charge in [-0.05, 0) is 0 Å². The third kappa shape index (κ3) is 2.54. The number of hydrogen-bond donors (Lipinski definition) is 1. The van der Waals surface area contributed by atoms with Crippen molar-refractivity contribution in [2.75, 3.05) is 7.11 Å². The second-order valence-corrected chi connectivity index (χ2v) is 3.06. The summed E-state index contributed by atoms with van der Waals surface area (Å²) in [6.45, 7) is 3.28. The van der Waals surface area contributed by atoms with Crippen LogP contribution in [-0.2, 0) is 9.22 Å². The summed E-state index contributed by atoms with van der Waals surface area (Å²) in [4.78, 5) is 9.94. The quantitative estimate of drug-likeness (QED) is 0.408. The van der Waals surface area contributed by atoms with Gasteiger partial charge < -0.3 is 9.53 Å². The average Bonchev–Trinajstić information content (AvgIpc) is 1.67. The van der Waals surface area contributed by atoms with Gasteiger partial charge in [-0.15, -0.1) is 0 Å². The Morgan fingerprint density at radius 3 is 2.50 bits per heavy atom. The van der Waals surface area contributed by atoms with Gasteiger partial charge in [0.25, 0.3) is 0 Å². The van der Waals surface area contributed by atoms with Crippen LogP contribution in [0.2, 0.25) is 0 Å². The molecular weight excluding hydrogens is 124 g/mol. The molecule has 0 saturated carbocycles. The summed E-state index contributed by atoms with van der Waals surface area (Å²) in [6.07, 6.45) is 0. The number of carboxylic acid groups (broad SMARTS) is 1. The zero-order valence-corrected chi connectivity index (χ0v) is 6.09. The van der Waals surface area contributed by atoms with Gasteiger partial charge in [0.15, 0.2) is 9.76 Å². The van der Waals surface area contributed by atoms with Crippen LogP contribution >= 0.6 is 0 Å². The SMILES string of the molecule is C=C([SiH2]OC)C(=O)O. The molecule has 4 heteroatoms. The number of aliphatic carboxylic acids is 1. The second kappa shape index (κ2) is 3.40. The van der Waals surface area contributed by atoms with E-state index in [4.69, 9.17) is 5.11 Å². The maximum absolute atomic E-state index is 9.94. The van der Waals surface area contributed by atoms with Crippen molar-refractivity contribution in [2.45, 2.75) is 0 Å². The fraction of sp³-hybridized carbons (Fsp3) is 0.250. The van der Waals surface area contributed by atoms with Crippen molar-refractivity contribution in [2.24, 2.45) is 0 Å². The predicted octanol–water partition coefficient (Wildman–Crippen LogP) is -0.685. The maximum Gasteiger partial charge on any atom is 0.328 e. The summed E-state index contributed by atoms with van der Waals surface area (Å²) in [6, 6.07) is 0. The highest BCUT2D eigenvalue weighted by molar-refractivity contribution is 6.46. The second-order valence-electron chi connectivity index (χ2n) is 1.34.